The number of aliphatic carboxylic acids is 1. The van der Waals surface area contributed by atoms with Crippen molar-refractivity contribution in [3.05, 3.63) is 23.0 Å². The normalized spacial score (nSPS) is 12.1. The van der Waals surface area contributed by atoms with Crippen molar-refractivity contribution in [2.75, 3.05) is 6.61 Å². The average molecular weight is 247 g/mol. The number of carboxylic acids is 1. The Bertz CT molecular complexity index is 391. The van der Waals surface area contributed by atoms with E-state index in [1.807, 2.05) is 0 Å². The van der Waals surface area contributed by atoms with Gasteiger partial charge >= 0.3 is 5.97 Å². The molecule has 0 spiro atoms. The highest BCUT2D eigenvalue weighted by Gasteiger charge is 2.20. The topological polar surface area (TPSA) is 102 Å². The Balaban J connectivity index is 2.65. The molecular weight excluding hydrogens is 236 g/mol. The van der Waals surface area contributed by atoms with Crippen LogP contribution in [-0.2, 0) is 4.79 Å². The lowest BCUT2D eigenvalue weighted by Gasteiger charge is -2.12. The molecule has 4 N–H and O–H groups in total. The summed E-state index contributed by atoms with van der Waals surface area (Å²) in [5.74, 6) is -1.77. The molecule has 0 saturated carbocycles. The Kier molecular flexibility index (Phi) is 4.33. The van der Waals surface area contributed by atoms with E-state index in [-0.39, 0.29) is 18.7 Å². The monoisotopic (exact) mass is 246 g/mol. The number of aromatic amines is 1. The molecule has 88 valence electrons. The van der Waals surface area contributed by atoms with Gasteiger partial charge in [0.15, 0.2) is 0 Å². The van der Waals surface area contributed by atoms with Gasteiger partial charge in [-0.3, -0.25) is 4.79 Å². The van der Waals surface area contributed by atoms with Crippen molar-refractivity contribution in [1.82, 2.24) is 10.3 Å². The van der Waals surface area contributed by atoms with Crippen LogP contribution in [0.25, 0.3) is 0 Å². The van der Waals surface area contributed by atoms with Crippen molar-refractivity contribution in [3.8, 4) is 0 Å². The second kappa shape index (κ2) is 5.53. The van der Waals surface area contributed by atoms with Crippen LogP contribution in [0.3, 0.4) is 0 Å². The molecule has 1 heterocycles. The standard InChI is InChI=1S/C9H11ClN2O4/c10-5-3-7(11-4-5)8(14)12-6(1-2-13)9(15)16/h3-4,6,11,13H,1-2H2,(H,12,14)(H,15,16)/t6-/m1/s1. The zero-order chi connectivity index (χ0) is 12.1. The number of nitrogens with one attached hydrogen (secondary N) is 2. The van der Waals surface area contributed by atoms with Crippen molar-refractivity contribution in [2.45, 2.75) is 12.5 Å². The van der Waals surface area contributed by atoms with Crippen molar-refractivity contribution < 1.29 is 19.8 Å². The molecule has 1 amide bonds. The summed E-state index contributed by atoms with van der Waals surface area (Å²) in [5.41, 5.74) is 0.175. The van der Waals surface area contributed by atoms with E-state index in [0.717, 1.165) is 0 Å². The van der Waals surface area contributed by atoms with Gasteiger partial charge < -0.3 is 20.5 Å². The third-order valence-electron chi connectivity index (χ3n) is 1.91. The Morgan fingerprint density at radius 1 is 1.56 bits per heavy atom. The number of carboxylic acid groups (broad SMARTS) is 1. The first kappa shape index (κ1) is 12.5. The van der Waals surface area contributed by atoms with Crippen molar-refractivity contribution in [2.24, 2.45) is 0 Å². The van der Waals surface area contributed by atoms with Crippen LogP contribution in [0.15, 0.2) is 12.3 Å². The van der Waals surface area contributed by atoms with Gasteiger partial charge in [0.1, 0.15) is 11.7 Å². The number of amides is 1. The van der Waals surface area contributed by atoms with Crippen LogP contribution in [-0.4, -0.2) is 39.7 Å². The van der Waals surface area contributed by atoms with Crippen molar-refractivity contribution >= 4 is 23.5 Å². The van der Waals surface area contributed by atoms with Gasteiger partial charge in [0, 0.05) is 19.2 Å². The van der Waals surface area contributed by atoms with Gasteiger partial charge in [-0.15, -0.1) is 0 Å². The average Bonchev–Trinajstić information content (AvgIpc) is 2.64. The molecule has 0 saturated heterocycles. The smallest absolute Gasteiger partial charge is 0.326 e. The Hall–Kier alpha value is -1.53. The number of carbonyl (C=O) groups is 2. The lowest BCUT2D eigenvalue weighted by molar-refractivity contribution is -0.139. The molecule has 16 heavy (non-hydrogen) atoms. The summed E-state index contributed by atoms with van der Waals surface area (Å²) >= 11 is 5.60. The zero-order valence-electron chi connectivity index (χ0n) is 8.24. The van der Waals surface area contributed by atoms with Gasteiger partial charge in [-0.1, -0.05) is 11.6 Å². The number of rotatable bonds is 5. The van der Waals surface area contributed by atoms with Crippen molar-refractivity contribution in [1.29, 1.82) is 0 Å². The van der Waals surface area contributed by atoms with Gasteiger partial charge in [0.2, 0.25) is 0 Å². The zero-order valence-corrected chi connectivity index (χ0v) is 8.99. The quantitative estimate of drug-likeness (QED) is 0.597. The van der Waals surface area contributed by atoms with Crippen LogP contribution in [0.5, 0.6) is 0 Å². The lowest BCUT2D eigenvalue weighted by Crippen LogP contribution is -2.41. The third kappa shape index (κ3) is 3.25. The lowest BCUT2D eigenvalue weighted by atomic mass is 10.2. The van der Waals surface area contributed by atoms with E-state index >= 15 is 0 Å². The fourth-order valence-electron chi connectivity index (χ4n) is 1.12. The molecule has 0 aliphatic carbocycles. The van der Waals surface area contributed by atoms with E-state index < -0.39 is 17.9 Å². The molecule has 1 aromatic heterocycles. The maximum absolute atomic E-state index is 11.5. The molecule has 6 nitrogen and oxygen atoms in total. The third-order valence-corrected chi connectivity index (χ3v) is 2.13. The summed E-state index contributed by atoms with van der Waals surface area (Å²) in [5, 5.41) is 20.0. The number of hydrogen-bond acceptors (Lipinski definition) is 3. The molecule has 0 bridgehead atoms. The Labute approximate surface area is 96.2 Å². The van der Waals surface area contributed by atoms with Crippen molar-refractivity contribution in [3.63, 3.8) is 0 Å². The van der Waals surface area contributed by atoms with Gasteiger partial charge in [0.25, 0.3) is 5.91 Å². The predicted molar refractivity (Wildman–Crippen MR) is 56.4 cm³/mol. The minimum Gasteiger partial charge on any atom is -0.480 e. The first-order chi connectivity index (χ1) is 7.54. The summed E-state index contributed by atoms with van der Waals surface area (Å²) in [6, 6.07) is 0.272. The highest BCUT2D eigenvalue weighted by Crippen LogP contribution is 2.09. The molecule has 1 aromatic rings. The highest BCUT2D eigenvalue weighted by molar-refractivity contribution is 6.30. The van der Waals surface area contributed by atoms with Crippen LogP contribution < -0.4 is 5.32 Å². The van der Waals surface area contributed by atoms with E-state index in [1.54, 1.807) is 0 Å². The number of H-pyrrole nitrogens is 1. The predicted octanol–water partition coefficient (Wildman–Crippen LogP) is 0.233. The molecule has 7 heteroatoms. The summed E-state index contributed by atoms with van der Waals surface area (Å²) in [4.78, 5) is 24.8. The summed E-state index contributed by atoms with van der Waals surface area (Å²) in [6.45, 7) is -0.317. The fourth-order valence-corrected chi connectivity index (χ4v) is 1.29. The van der Waals surface area contributed by atoms with E-state index in [0.29, 0.717) is 5.02 Å². The van der Waals surface area contributed by atoms with Gasteiger partial charge in [-0.25, -0.2) is 4.79 Å². The number of halogens is 1. The van der Waals surface area contributed by atoms with E-state index in [2.05, 4.69) is 10.3 Å². The molecular formula is C9H11ClN2O4. The molecule has 0 aliphatic heterocycles. The fraction of sp³-hybridized carbons (Fsp3) is 0.333. The summed E-state index contributed by atoms with van der Waals surface area (Å²) in [6.07, 6.45) is 1.37. The molecule has 0 unspecified atom stereocenters. The summed E-state index contributed by atoms with van der Waals surface area (Å²) in [7, 11) is 0. The minimum atomic E-state index is -1.19. The van der Waals surface area contributed by atoms with Crippen LogP contribution >= 0.6 is 11.6 Å². The number of aromatic nitrogens is 1. The van der Waals surface area contributed by atoms with Crippen LogP contribution in [0.2, 0.25) is 5.02 Å². The number of aliphatic hydroxyl groups is 1. The largest absolute Gasteiger partial charge is 0.480 e. The molecule has 0 aromatic carbocycles. The maximum atomic E-state index is 11.5. The van der Waals surface area contributed by atoms with E-state index in [9.17, 15) is 9.59 Å². The summed E-state index contributed by atoms with van der Waals surface area (Å²) < 4.78 is 0. The first-order valence-corrected chi connectivity index (χ1v) is 4.91. The van der Waals surface area contributed by atoms with Crippen LogP contribution in [0, 0.1) is 0 Å². The number of aliphatic hydroxyl groups excluding tert-OH is 1. The van der Waals surface area contributed by atoms with Crippen LogP contribution in [0.1, 0.15) is 16.9 Å². The maximum Gasteiger partial charge on any atom is 0.326 e. The molecule has 1 rings (SSSR count). The molecule has 0 radical (unpaired) electrons. The first-order valence-electron chi connectivity index (χ1n) is 4.53. The SMILES string of the molecule is O=C(N[C@H](CCO)C(=O)O)c1cc(Cl)c[nH]1. The van der Waals surface area contributed by atoms with E-state index in [4.69, 9.17) is 21.8 Å². The van der Waals surface area contributed by atoms with E-state index in [1.165, 1.54) is 12.3 Å². The van der Waals surface area contributed by atoms with Gasteiger partial charge in [-0.2, -0.15) is 0 Å². The molecule has 0 aliphatic rings. The minimum absolute atomic E-state index is 0.0461. The van der Waals surface area contributed by atoms with Gasteiger partial charge in [0.05, 0.1) is 5.02 Å². The highest BCUT2D eigenvalue weighted by atomic mass is 35.5. The van der Waals surface area contributed by atoms with Crippen LogP contribution in [0.4, 0.5) is 0 Å². The second-order valence-electron chi connectivity index (χ2n) is 3.11. The molecule has 0 fully saturated rings. The Morgan fingerprint density at radius 3 is 2.69 bits per heavy atom. The molecule has 1 atom stereocenters. The van der Waals surface area contributed by atoms with Gasteiger partial charge in [-0.05, 0) is 6.07 Å². The second-order valence-corrected chi connectivity index (χ2v) is 3.54. The Morgan fingerprint density at radius 2 is 2.25 bits per heavy atom. The number of hydrogen-bond donors (Lipinski definition) is 4. The number of carbonyl (C=O) groups excluding carboxylic acids is 1.